The molecule has 4 aromatic rings. The standard InChI is InChI=1S/C18H17N7O2S/c1-2-4-12(5-3-1)18-20-11-13(28-18)10-19-16-17(25-6-8-26-9-7-25)22-15-14(21-16)23-27-24-15/h1-5,11H,6-10H2,(H,19,21,23). The van der Waals surface area contributed by atoms with Gasteiger partial charge >= 0.3 is 0 Å². The molecule has 1 aliphatic rings. The maximum absolute atomic E-state index is 5.44. The number of hydrogen-bond acceptors (Lipinski definition) is 10. The van der Waals surface area contributed by atoms with Gasteiger partial charge in [0.2, 0.25) is 11.3 Å². The Morgan fingerprint density at radius 2 is 1.82 bits per heavy atom. The molecule has 4 heterocycles. The van der Waals surface area contributed by atoms with Gasteiger partial charge in [0.15, 0.2) is 11.6 Å². The Morgan fingerprint density at radius 3 is 2.64 bits per heavy atom. The van der Waals surface area contributed by atoms with Crippen molar-refractivity contribution in [3.05, 3.63) is 41.4 Å². The third-order valence-corrected chi connectivity index (χ3v) is 5.46. The van der Waals surface area contributed by atoms with Crippen LogP contribution in [0.1, 0.15) is 4.88 Å². The van der Waals surface area contributed by atoms with Crippen LogP contribution in [0.15, 0.2) is 41.2 Å². The molecule has 0 radical (unpaired) electrons. The van der Waals surface area contributed by atoms with Crippen LogP contribution in [0.4, 0.5) is 11.6 Å². The number of morpholine rings is 1. The molecule has 9 nitrogen and oxygen atoms in total. The van der Waals surface area contributed by atoms with Crippen molar-refractivity contribution in [1.82, 2.24) is 25.3 Å². The van der Waals surface area contributed by atoms with Gasteiger partial charge in [0.1, 0.15) is 5.01 Å². The molecule has 0 bridgehead atoms. The lowest BCUT2D eigenvalue weighted by Gasteiger charge is -2.28. The first-order valence-electron chi connectivity index (χ1n) is 8.94. The second-order valence-corrected chi connectivity index (χ2v) is 7.37. The molecule has 5 rings (SSSR count). The molecule has 142 valence electrons. The average molecular weight is 395 g/mol. The minimum atomic E-state index is 0.383. The first-order valence-corrected chi connectivity index (χ1v) is 9.75. The van der Waals surface area contributed by atoms with Gasteiger partial charge in [-0.15, -0.1) is 11.3 Å². The average Bonchev–Trinajstić information content (AvgIpc) is 3.42. The van der Waals surface area contributed by atoms with E-state index < -0.39 is 0 Å². The number of fused-ring (bicyclic) bond motifs is 1. The van der Waals surface area contributed by atoms with Gasteiger partial charge in [-0.1, -0.05) is 30.3 Å². The monoisotopic (exact) mass is 395 g/mol. The Kier molecular flexibility index (Phi) is 4.55. The highest BCUT2D eigenvalue weighted by atomic mass is 32.1. The molecule has 10 heteroatoms. The molecule has 0 aliphatic carbocycles. The summed E-state index contributed by atoms with van der Waals surface area (Å²) in [5, 5.41) is 12.0. The molecule has 1 saturated heterocycles. The zero-order valence-electron chi connectivity index (χ0n) is 14.9. The first-order chi connectivity index (χ1) is 13.9. The van der Waals surface area contributed by atoms with Gasteiger partial charge in [0, 0.05) is 29.7 Å². The van der Waals surface area contributed by atoms with Gasteiger partial charge in [-0.3, -0.25) is 0 Å². The van der Waals surface area contributed by atoms with Crippen molar-refractivity contribution in [2.24, 2.45) is 0 Å². The molecule has 1 aromatic carbocycles. The van der Waals surface area contributed by atoms with Gasteiger partial charge in [0.25, 0.3) is 0 Å². The minimum absolute atomic E-state index is 0.383. The molecular weight excluding hydrogens is 378 g/mol. The van der Waals surface area contributed by atoms with Gasteiger partial charge < -0.3 is 15.0 Å². The van der Waals surface area contributed by atoms with Crippen LogP contribution in [0.3, 0.4) is 0 Å². The summed E-state index contributed by atoms with van der Waals surface area (Å²) in [4.78, 5) is 16.9. The lowest BCUT2D eigenvalue weighted by atomic mass is 10.2. The number of benzene rings is 1. The maximum Gasteiger partial charge on any atom is 0.245 e. The molecule has 1 N–H and O–H groups in total. The summed E-state index contributed by atoms with van der Waals surface area (Å²) < 4.78 is 10.2. The summed E-state index contributed by atoms with van der Waals surface area (Å²) in [7, 11) is 0. The Morgan fingerprint density at radius 1 is 1.04 bits per heavy atom. The van der Waals surface area contributed by atoms with E-state index in [0.717, 1.165) is 34.4 Å². The van der Waals surface area contributed by atoms with E-state index in [9.17, 15) is 0 Å². The predicted octanol–water partition coefficient (Wildman–Crippen LogP) is 2.59. The van der Waals surface area contributed by atoms with E-state index >= 15 is 0 Å². The normalized spacial score (nSPS) is 14.5. The van der Waals surface area contributed by atoms with E-state index in [-0.39, 0.29) is 0 Å². The maximum atomic E-state index is 5.44. The van der Waals surface area contributed by atoms with E-state index in [1.165, 1.54) is 0 Å². The molecule has 0 unspecified atom stereocenters. The molecule has 0 spiro atoms. The highest BCUT2D eigenvalue weighted by Crippen LogP contribution is 2.28. The number of anilines is 2. The Bertz CT molecular complexity index is 1080. The molecule has 3 aromatic heterocycles. The highest BCUT2D eigenvalue weighted by molar-refractivity contribution is 7.15. The van der Waals surface area contributed by atoms with Gasteiger partial charge in [0.05, 0.1) is 19.8 Å². The van der Waals surface area contributed by atoms with Gasteiger partial charge in [-0.25, -0.2) is 19.6 Å². The molecule has 1 aliphatic heterocycles. The molecular formula is C18H17N7O2S. The second-order valence-electron chi connectivity index (χ2n) is 6.26. The fourth-order valence-electron chi connectivity index (χ4n) is 3.02. The lowest BCUT2D eigenvalue weighted by molar-refractivity contribution is 0.122. The van der Waals surface area contributed by atoms with Crippen LogP contribution < -0.4 is 10.2 Å². The van der Waals surface area contributed by atoms with Crippen LogP contribution in [-0.2, 0) is 11.3 Å². The molecule has 1 fully saturated rings. The third-order valence-electron chi connectivity index (χ3n) is 4.41. The van der Waals surface area contributed by atoms with Crippen LogP contribution in [-0.4, -0.2) is 51.6 Å². The zero-order valence-corrected chi connectivity index (χ0v) is 15.7. The largest absolute Gasteiger partial charge is 0.378 e. The van der Waals surface area contributed by atoms with Crippen LogP contribution in [0, 0.1) is 0 Å². The van der Waals surface area contributed by atoms with Gasteiger partial charge in [-0.2, -0.15) is 0 Å². The highest BCUT2D eigenvalue weighted by Gasteiger charge is 2.20. The van der Waals surface area contributed by atoms with Crippen molar-refractivity contribution >= 4 is 34.3 Å². The second kappa shape index (κ2) is 7.49. The summed E-state index contributed by atoms with van der Waals surface area (Å²) >= 11 is 1.65. The van der Waals surface area contributed by atoms with Crippen LogP contribution in [0.2, 0.25) is 0 Å². The summed E-state index contributed by atoms with van der Waals surface area (Å²) in [6.45, 7) is 3.40. The SMILES string of the molecule is c1ccc(-c2ncc(CNc3nc4nonc4nc3N3CCOCC3)s2)cc1. The summed E-state index contributed by atoms with van der Waals surface area (Å²) in [6.07, 6.45) is 1.89. The molecule has 0 atom stereocenters. The number of nitrogens with one attached hydrogen (secondary N) is 1. The number of aromatic nitrogens is 5. The van der Waals surface area contributed by atoms with Crippen molar-refractivity contribution in [2.75, 3.05) is 36.5 Å². The van der Waals surface area contributed by atoms with Crippen molar-refractivity contribution in [3.8, 4) is 10.6 Å². The van der Waals surface area contributed by atoms with Crippen molar-refractivity contribution in [1.29, 1.82) is 0 Å². The molecule has 0 saturated carbocycles. The van der Waals surface area contributed by atoms with Crippen molar-refractivity contribution < 1.29 is 9.37 Å². The number of ether oxygens (including phenoxy) is 1. The minimum Gasteiger partial charge on any atom is -0.378 e. The van der Waals surface area contributed by atoms with Crippen LogP contribution in [0.5, 0.6) is 0 Å². The quantitative estimate of drug-likeness (QED) is 0.546. The van der Waals surface area contributed by atoms with Crippen molar-refractivity contribution in [2.45, 2.75) is 6.54 Å². The van der Waals surface area contributed by atoms with E-state index in [4.69, 9.17) is 9.37 Å². The van der Waals surface area contributed by atoms with Crippen LogP contribution >= 0.6 is 11.3 Å². The fraction of sp³-hybridized carbons (Fsp3) is 0.278. The van der Waals surface area contributed by atoms with E-state index in [0.29, 0.717) is 36.9 Å². The van der Waals surface area contributed by atoms with Gasteiger partial charge in [-0.05, 0) is 10.3 Å². The number of hydrogen-bond donors (Lipinski definition) is 1. The number of thiazole rings is 1. The van der Waals surface area contributed by atoms with E-state index in [1.54, 1.807) is 11.3 Å². The number of nitrogens with zero attached hydrogens (tertiary/aromatic N) is 6. The summed E-state index contributed by atoms with van der Waals surface area (Å²) in [6, 6.07) is 10.1. The Hall–Kier alpha value is -3.11. The smallest absolute Gasteiger partial charge is 0.245 e. The Labute approximate surface area is 164 Å². The van der Waals surface area contributed by atoms with Crippen LogP contribution in [0.25, 0.3) is 21.9 Å². The predicted molar refractivity (Wildman–Crippen MR) is 105 cm³/mol. The van der Waals surface area contributed by atoms with Crippen molar-refractivity contribution in [3.63, 3.8) is 0 Å². The molecule has 0 amide bonds. The topological polar surface area (TPSA) is 102 Å². The molecule has 28 heavy (non-hydrogen) atoms. The zero-order chi connectivity index (χ0) is 18.8. The van der Waals surface area contributed by atoms with E-state index in [1.807, 2.05) is 24.4 Å². The Balaban J connectivity index is 1.39. The number of rotatable bonds is 5. The first kappa shape index (κ1) is 17.0. The lowest BCUT2D eigenvalue weighted by Crippen LogP contribution is -2.37. The third kappa shape index (κ3) is 3.39. The summed E-state index contributed by atoms with van der Waals surface area (Å²) in [5.41, 5.74) is 1.90. The van der Waals surface area contributed by atoms with E-state index in [2.05, 4.69) is 47.6 Å². The fourth-order valence-corrected chi connectivity index (χ4v) is 3.88. The summed E-state index contributed by atoms with van der Waals surface area (Å²) in [5.74, 6) is 1.39.